The van der Waals surface area contributed by atoms with Gasteiger partial charge in [-0.3, -0.25) is 4.79 Å². The molecule has 1 aromatic heterocycles. The van der Waals surface area contributed by atoms with Gasteiger partial charge in [-0.1, -0.05) is 42.0 Å². The number of hydrogen-bond donors (Lipinski definition) is 1. The van der Waals surface area contributed by atoms with Gasteiger partial charge in [-0.15, -0.1) is 0 Å². The van der Waals surface area contributed by atoms with E-state index in [0.717, 1.165) is 39.1 Å². The van der Waals surface area contributed by atoms with Crippen molar-refractivity contribution in [3.05, 3.63) is 83.2 Å². The van der Waals surface area contributed by atoms with Crippen LogP contribution in [0.5, 0.6) is 0 Å². The first-order valence-electron chi connectivity index (χ1n) is 8.89. The number of anilines is 2. The number of ketones is 1. The van der Waals surface area contributed by atoms with Gasteiger partial charge in [-0.25, -0.2) is 9.97 Å². The third-order valence-corrected chi connectivity index (χ3v) is 5.11. The number of fused-ring (bicyclic) bond motifs is 2. The molecule has 0 saturated heterocycles. The normalized spacial score (nSPS) is 12.1. The molecule has 1 aliphatic rings. The third-order valence-electron chi connectivity index (χ3n) is 5.11. The summed E-state index contributed by atoms with van der Waals surface area (Å²) in [7, 11) is 0. The van der Waals surface area contributed by atoms with Crippen LogP contribution in [-0.2, 0) is 0 Å². The van der Waals surface area contributed by atoms with Crippen molar-refractivity contribution >= 4 is 28.1 Å². The lowest BCUT2D eigenvalue weighted by molar-refractivity contribution is 0.104. The molecular formula is C23H17N3O. The summed E-state index contributed by atoms with van der Waals surface area (Å²) >= 11 is 0. The molecule has 0 unspecified atom stereocenters. The van der Waals surface area contributed by atoms with Crippen molar-refractivity contribution in [1.29, 1.82) is 0 Å². The van der Waals surface area contributed by atoms with E-state index in [2.05, 4.69) is 41.3 Å². The van der Waals surface area contributed by atoms with Crippen LogP contribution in [0, 0.1) is 13.8 Å². The van der Waals surface area contributed by atoms with Gasteiger partial charge in [0.15, 0.2) is 5.78 Å². The standard InChI is InChI=1S/C23H17N3O/c1-13-9-10-17(14(2)11-13)26-19-8-3-5-15-21(19)23(27)16-6-4-7-18-20(16)22(15)25-12-24-18/h3-12,26H,1-2H3. The molecule has 0 bridgehead atoms. The Balaban J connectivity index is 1.74. The highest BCUT2D eigenvalue weighted by molar-refractivity contribution is 6.27. The number of aryl methyl sites for hydroxylation is 2. The molecule has 0 spiro atoms. The lowest BCUT2D eigenvalue weighted by atomic mass is 9.85. The van der Waals surface area contributed by atoms with Crippen LogP contribution >= 0.6 is 0 Å². The number of benzene rings is 3. The van der Waals surface area contributed by atoms with Crippen molar-refractivity contribution in [2.75, 3.05) is 5.32 Å². The minimum atomic E-state index is 0.00534. The lowest BCUT2D eigenvalue weighted by Gasteiger charge is -2.22. The Bertz CT molecular complexity index is 1240. The number of nitrogens with zero attached hydrogens (tertiary/aromatic N) is 2. The second kappa shape index (κ2) is 5.74. The zero-order valence-corrected chi connectivity index (χ0v) is 15.1. The molecule has 5 rings (SSSR count). The lowest BCUT2D eigenvalue weighted by Crippen LogP contribution is -2.14. The number of rotatable bonds is 2. The summed E-state index contributed by atoms with van der Waals surface area (Å²) in [4.78, 5) is 22.2. The highest BCUT2D eigenvalue weighted by Crippen LogP contribution is 2.40. The van der Waals surface area contributed by atoms with Crippen molar-refractivity contribution in [3.63, 3.8) is 0 Å². The first kappa shape index (κ1) is 15.7. The first-order valence-corrected chi connectivity index (χ1v) is 8.89. The van der Waals surface area contributed by atoms with Gasteiger partial charge in [-0.2, -0.15) is 0 Å². The van der Waals surface area contributed by atoms with Crippen molar-refractivity contribution < 1.29 is 4.79 Å². The monoisotopic (exact) mass is 351 g/mol. The second-order valence-corrected chi connectivity index (χ2v) is 6.92. The molecule has 0 fully saturated rings. The third kappa shape index (κ3) is 2.34. The molecule has 0 saturated carbocycles. The average Bonchev–Trinajstić information content (AvgIpc) is 2.68. The summed E-state index contributed by atoms with van der Waals surface area (Å²) in [5.41, 5.74) is 7.92. The quantitative estimate of drug-likeness (QED) is 0.475. The Morgan fingerprint density at radius 1 is 0.852 bits per heavy atom. The van der Waals surface area contributed by atoms with Gasteiger partial charge in [0.25, 0.3) is 0 Å². The van der Waals surface area contributed by atoms with E-state index in [-0.39, 0.29) is 5.78 Å². The zero-order chi connectivity index (χ0) is 18.5. The van der Waals surface area contributed by atoms with E-state index in [0.29, 0.717) is 11.1 Å². The molecule has 0 atom stereocenters. The van der Waals surface area contributed by atoms with E-state index >= 15 is 0 Å². The van der Waals surface area contributed by atoms with Gasteiger partial charge in [0.05, 0.1) is 22.5 Å². The van der Waals surface area contributed by atoms with Crippen LogP contribution in [0.4, 0.5) is 11.4 Å². The average molecular weight is 351 g/mol. The number of hydrogen-bond acceptors (Lipinski definition) is 4. The molecule has 4 aromatic rings. The summed E-state index contributed by atoms with van der Waals surface area (Å²) in [6.45, 7) is 4.14. The Hall–Kier alpha value is -3.53. The molecule has 3 aromatic carbocycles. The maximum atomic E-state index is 13.3. The van der Waals surface area contributed by atoms with Crippen molar-refractivity contribution in [1.82, 2.24) is 9.97 Å². The smallest absolute Gasteiger partial charge is 0.196 e. The molecule has 1 N–H and O–H groups in total. The Labute approximate surface area is 156 Å². The van der Waals surface area contributed by atoms with Gasteiger partial charge < -0.3 is 5.32 Å². The summed E-state index contributed by atoms with van der Waals surface area (Å²) in [5, 5.41) is 4.29. The van der Waals surface area contributed by atoms with Gasteiger partial charge in [0.2, 0.25) is 0 Å². The number of carbonyl (C=O) groups is 1. The Morgan fingerprint density at radius 3 is 2.52 bits per heavy atom. The van der Waals surface area contributed by atoms with Crippen LogP contribution in [0.25, 0.3) is 22.2 Å². The summed E-state index contributed by atoms with van der Waals surface area (Å²) in [6.07, 6.45) is 1.56. The molecule has 0 aliphatic heterocycles. The molecule has 0 radical (unpaired) electrons. The molecule has 1 heterocycles. The maximum absolute atomic E-state index is 13.3. The number of aromatic nitrogens is 2. The summed E-state index contributed by atoms with van der Waals surface area (Å²) < 4.78 is 0. The van der Waals surface area contributed by atoms with Crippen molar-refractivity contribution in [3.8, 4) is 11.3 Å². The molecule has 4 nitrogen and oxygen atoms in total. The van der Waals surface area contributed by atoms with E-state index in [1.807, 2.05) is 42.5 Å². The van der Waals surface area contributed by atoms with E-state index in [1.165, 1.54) is 5.56 Å². The Kier molecular flexibility index (Phi) is 3.34. The molecule has 130 valence electrons. The highest BCUT2D eigenvalue weighted by atomic mass is 16.1. The van der Waals surface area contributed by atoms with Gasteiger partial charge >= 0.3 is 0 Å². The van der Waals surface area contributed by atoms with Crippen LogP contribution < -0.4 is 5.32 Å². The fraction of sp³-hybridized carbons (Fsp3) is 0.0870. The van der Waals surface area contributed by atoms with Crippen molar-refractivity contribution in [2.24, 2.45) is 0 Å². The van der Waals surface area contributed by atoms with Gasteiger partial charge in [-0.05, 0) is 37.6 Å². The van der Waals surface area contributed by atoms with Gasteiger partial charge in [0.1, 0.15) is 6.33 Å². The summed E-state index contributed by atoms with van der Waals surface area (Å²) in [6, 6.07) is 17.7. The zero-order valence-electron chi connectivity index (χ0n) is 15.1. The summed E-state index contributed by atoms with van der Waals surface area (Å²) in [5.74, 6) is 0.00534. The van der Waals surface area contributed by atoms with Crippen molar-refractivity contribution in [2.45, 2.75) is 13.8 Å². The van der Waals surface area contributed by atoms with E-state index in [4.69, 9.17) is 0 Å². The maximum Gasteiger partial charge on any atom is 0.196 e. The second-order valence-electron chi connectivity index (χ2n) is 6.92. The molecule has 27 heavy (non-hydrogen) atoms. The van der Waals surface area contributed by atoms with E-state index < -0.39 is 0 Å². The molecule has 1 aliphatic carbocycles. The van der Waals surface area contributed by atoms with Crippen LogP contribution in [0.1, 0.15) is 27.0 Å². The molecule has 4 heteroatoms. The minimum Gasteiger partial charge on any atom is -0.355 e. The first-order chi connectivity index (χ1) is 13.1. The molecule has 0 amide bonds. The number of carbonyl (C=O) groups excluding carboxylic acids is 1. The van der Waals surface area contributed by atoms with Gasteiger partial charge in [0, 0.05) is 22.2 Å². The fourth-order valence-electron chi connectivity index (χ4n) is 3.84. The highest BCUT2D eigenvalue weighted by Gasteiger charge is 2.28. The number of nitrogens with one attached hydrogen (secondary N) is 1. The van der Waals surface area contributed by atoms with Crippen LogP contribution in [0.15, 0.2) is 60.9 Å². The predicted octanol–water partition coefficient (Wildman–Crippen LogP) is 5.20. The largest absolute Gasteiger partial charge is 0.355 e. The Morgan fingerprint density at radius 2 is 1.67 bits per heavy atom. The SMILES string of the molecule is Cc1ccc(Nc2cccc3c2C(=O)c2cccc4ncnc-3c24)c(C)c1. The van der Waals surface area contributed by atoms with Crippen LogP contribution in [-0.4, -0.2) is 15.8 Å². The van der Waals surface area contributed by atoms with E-state index in [9.17, 15) is 4.79 Å². The van der Waals surface area contributed by atoms with Crippen LogP contribution in [0.2, 0.25) is 0 Å². The minimum absolute atomic E-state index is 0.00534. The fourth-order valence-corrected chi connectivity index (χ4v) is 3.84. The van der Waals surface area contributed by atoms with E-state index in [1.54, 1.807) is 6.33 Å². The van der Waals surface area contributed by atoms with Crippen LogP contribution in [0.3, 0.4) is 0 Å². The predicted molar refractivity (Wildman–Crippen MR) is 108 cm³/mol. The topological polar surface area (TPSA) is 54.9 Å². The molecular weight excluding hydrogens is 334 g/mol.